The number of halogens is 2. The van der Waals surface area contributed by atoms with Gasteiger partial charge in [0, 0.05) is 15.6 Å². The SMILES string of the molecule is CC1(c2ccc(Cl)cc2Cl)OC(NC(=O)O)=C(O)C1=O. The zero-order valence-electron chi connectivity index (χ0n) is 10.1. The van der Waals surface area contributed by atoms with Gasteiger partial charge in [0.15, 0.2) is 0 Å². The minimum atomic E-state index is -1.62. The quantitative estimate of drug-likeness (QED) is 0.779. The van der Waals surface area contributed by atoms with Crippen LogP contribution >= 0.6 is 23.2 Å². The van der Waals surface area contributed by atoms with Crippen LogP contribution in [0.15, 0.2) is 29.8 Å². The highest BCUT2D eigenvalue weighted by Crippen LogP contribution is 2.40. The Kier molecular flexibility index (Phi) is 3.54. The van der Waals surface area contributed by atoms with Crippen molar-refractivity contribution in [3.05, 3.63) is 45.5 Å². The smallest absolute Gasteiger partial charge is 0.411 e. The monoisotopic (exact) mass is 317 g/mol. The first-order valence-corrected chi connectivity index (χ1v) is 6.14. The van der Waals surface area contributed by atoms with Crippen molar-refractivity contribution in [2.45, 2.75) is 12.5 Å². The van der Waals surface area contributed by atoms with Crippen molar-refractivity contribution < 1.29 is 24.5 Å². The molecule has 1 aliphatic heterocycles. The Balaban J connectivity index is 2.43. The van der Waals surface area contributed by atoms with Gasteiger partial charge >= 0.3 is 6.09 Å². The lowest BCUT2D eigenvalue weighted by Gasteiger charge is -2.24. The minimum Gasteiger partial charge on any atom is -0.501 e. The number of aliphatic hydroxyl groups is 1. The van der Waals surface area contributed by atoms with E-state index in [1.54, 1.807) is 0 Å². The molecule has 1 aromatic rings. The molecule has 8 heteroatoms. The Labute approximate surface area is 123 Å². The van der Waals surface area contributed by atoms with E-state index in [0.29, 0.717) is 5.02 Å². The highest BCUT2D eigenvalue weighted by atomic mass is 35.5. The fourth-order valence-electron chi connectivity index (χ4n) is 1.86. The number of nitrogens with one attached hydrogen (secondary N) is 1. The summed E-state index contributed by atoms with van der Waals surface area (Å²) in [4.78, 5) is 22.7. The number of ketones is 1. The molecular weight excluding hydrogens is 309 g/mol. The second-order valence-corrected chi connectivity index (χ2v) is 5.04. The molecule has 20 heavy (non-hydrogen) atoms. The number of amides is 1. The summed E-state index contributed by atoms with van der Waals surface area (Å²) >= 11 is 11.8. The maximum Gasteiger partial charge on any atom is 0.411 e. The fourth-order valence-corrected chi connectivity index (χ4v) is 2.45. The summed E-state index contributed by atoms with van der Waals surface area (Å²) in [5, 5.41) is 20.6. The van der Waals surface area contributed by atoms with E-state index in [1.165, 1.54) is 25.1 Å². The molecule has 0 saturated heterocycles. The molecule has 6 nitrogen and oxygen atoms in total. The van der Waals surface area contributed by atoms with E-state index >= 15 is 0 Å². The highest BCUT2D eigenvalue weighted by Gasteiger charge is 2.49. The fraction of sp³-hybridized carbons (Fsp3) is 0.167. The van der Waals surface area contributed by atoms with Crippen LogP contribution in [-0.4, -0.2) is 22.1 Å². The number of hydrogen-bond acceptors (Lipinski definition) is 4. The van der Waals surface area contributed by atoms with Gasteiger partial charge in [-0.15, -0.1) is 0 Å². The summed E-state index contributed by atoms with van der Waals surface area (Å²) in [5.74, 6) is -2.14. The first-order chi connectivity index (χ1) is 9.25. The van der Waals surface area contributed by atoms with Crippen LogP contribution in [0.25, 0.3) is 0 Å². The Morgan fingerprint density at radius 2 is 2.05 bits per heavy atom. The molecule has 0 radical (unpaired) electrons. The van der Waals surface area contributed by atoms with E-state index in [4.69, 9.17) is 33.0 Å². The van der Waals surface area contributed by atoms with Crippen molar-refractivity contribution in [2.75, 3.05) is 0 Å². The van der Waals surface area contributed by atoms with Gasteiger partial charge in [-0.2, -0.15) is 0 Å². The number of carboxylic acid groups (broad SMARTS) is 1. The van der Waals surface area contributed by atoms with Crippen LogP contribution in [-0.2, 0) is 15.1 Å². The standard InChI is InChI=1S/C12H9Cl2NO5/c1-12(6-3-2-5(13)4-7(6)14)9(17)8(16)10(20-12)15-11(18)19/h2-4,15-16H,1H3,(H,18,19). The summed E-state index contributed by atoms with van der Waals surface area (Å²) < 4.78 is 5.25. The first kappa shape index (κ1) is 14.5. The van der Waals surface area contributed by atoms with Crippen molar-refractivity contribution in [2.24, 2.45) is 0 Å². The lowest BCUT2D eigenvalue weighted by molar-refractivity contribution is -0.131. The van der Waals surface area contributed by atoms with Gasteiger partial charge in [-0.1, -0.05) is 29.3 Å². The summed E-state index contributed by atoms with van der Waals surface area (Å²) in [6.45, 7) is 1.37. The van der Waals surface area contributed by atoms with Gasteiger partial charge < -0.3 is 14.9 Å². The number of carbonyl (C=O) groups is 2. The van der Waals surface area contributed by atoms with Crippen LogP contribution in [0.1, 0.15) is 12.5 Å². The van der Waals surface area contributed by atoms with Crippen molar-refractivity contribution in [1.29, 1.82) is 0 Å². The molecule has 0 bridgehead atoms. The number of Topliss-reactive ketones (excluding diaryl/α,β-unsaturated/α-hetero) is 1. The van der Waals surface area contributed by atoms with E-state index in [2.05, 4.69) is 0 Å². The van der Waals surface area contributed by atoms with E-state index in [9.17, 15) is 14.7 Å². The Morgan fingerprint density at radius 3 is 2.60 bits per heavy atom. The molecule has 1 unspecified atom stereocenters. The molecule has 1 aromatic carbocycles. The molecule has 0 saturated carbocycles. The van der Waals surface area contributed by atoms with Crippen molar-refractivity contribution >= 4 is 35.1 Å². The first-order valence-electron chi connectivity index (χ1n) is 5.38. The van der Waals surface area contributed by atoms with Crippen LogP contribution in [0, 0.1) is 0 Å². The lowest BCUT2D eigenvalue weighted by Crippen LogP contribution is -2.32. The normalized spacial score (nSPS) is 21.9. The largest absolute Gasteiger partial charge is 0.501 e. The minimum absolute atomic E-state index is 0.165. The zero-order valence-corrected chi connectivity index (χ0v) is 11.6. The van der Waals surface area contributed by atoms with E-state index < -0.39 is 29.1 Å². The Hall–Kier alpha value is -1.92. The van der Waals surface area contributed by atoms with E-state index in [-0.39, 0.29) is 10.6 Å². The number of hydrogen-bond donors (Lipinski definition) is 3. The van der Waals surface area contributed by atoms with Crippen LogP contribution in [0.4, 0.5) is 4.79 Å². The van der Waals surface area contributed by atoms with Gasteiger partial charge in [0.05, 0.1) is 0 Å². The highest BCUT2D eigenvalue weighted by molar-refractivity contribution is 6.35. The van der Waals surface area contributed by atoms with Crippen LogP contribution in [0.5, 0.6) is 0 Å². The summed E-state index contributed by atoms with van der Waals surface area (Å²) in [6.07, 6.45) is -1.47. The summed E-state index contributed by atoms with van der Waals surface area (Å²) in [6, 6.07) is 4.39. The molecule has 1 aliphatic rings. The summed E-state index contributed by atoms with van der Waals surface area (Å²) in [5.41, 5.74) is -1.36. The van der Waals surface area contributed by atoms with Gasteiger partial charge in [0.2, 0.25) is 17.2 Å². The summed E-state index contributed by atoms with van der Waals surface area (Å²) in [7, 11) is 0. The average molecular weight is 318 g/mol. The molecule has 0 spiro atoms. The zero-order chi connectivity index (χ0) is 15.1. The van der Waals surface area contributed by atoms with Gasteiger partial charge in [-0.25, -0.2) is 4.79 Å². The van der Waals surface area contributed by atoms with E-state index in [1.807, 2.05) is 5.32 Å². The number of ether oxygens (including phenoxy) is 1. The molecule has 0 aliphatic carbocycles. The average Bonchev–Trinajstić information content (AvgIpc) is 2.54. The Morgan fingerprint density at radius 1 is 1.40 bits per heavy atom. The predicted octanol–water partition coefficient (Wildman–Crippen LogP) is 2.80. The molecule has 1 heterocycles. The molecule has 106 valence electrons. The number of carbonyl (C=O) groups excluding carboxylic acids is 1. The number of aliphatic hydroxyl groups excluding tert-OH is 1. The third-order valence-electron chi connectivity index (χ3n) is 2.84. The topological polar surface area (TPSA) is 95.9 Å². The van der Waals surface area contributed by atoms with Crippen molar-refractivity contribution in [3.63, 3.8) is 0 Å². The lowest BCUT2D eigenvalue weighted by atomic mass is 9.91. The molecule has 0 fully saturated rings. The maximum absolute atomic E-state index is 12.1. The van der Waals surface area contributed by atoms with Gasteiger partial charge in [0.25, 0.3) is 5.78 Å². The number of rotatable bonds is 2. The molecule has 2 rings (SSSR count). The second kappa shape index (κ2) is 4.88. The molecule has 1 amide bonds. The number of benzene rings is 1. The predicted molar refractivity (Wildman–Crippen MR) is 70.7 cm³/mol. The molecule has 0 aromatic heterocycles. The maximum atomic E-state index is 12.1. The van der Waals surface area contributed by atoms with Crippen LogP contribution in [0.2, 0.25) is 10.0 Å². The second-order valence-electron chi connectivity index (χ2n) is 4.20. The van der Waals surface area contributed by atoms with Crippen LogP contribution < -0.4 is 5.32 Å². The van der Waals surface area contributed by atoms with Gasteiger partial charge in [-0.3, -0.25) is 10.1 Å². The third kappa shape index (κ3) is 2.28. The van der Waals surface area contributed by atoms with Gasteiger partial charge in [-0.05, 0) is 19.1 Å². The van der Waals surface area contributed by atoms with E-state index in [0.717, 1.165) is 0 Å². The molecular formula is C12H9Cl2NO5. The molecule has 3 N–H and O–H groups in total. The van der Waals surface area contributed by atoms with Gasteiger partial charge in [0.1, 0.15) is 0 Å². The molecule has 1 atom stereocenters. The van der Waals surface area contributed by atoms with Crippen molar-refractivity contribution in [1.82, 2.24) is 5.32 Å². The van der Waals surface area contributed by atoms with Crippen molar-refractivity contribution in [3.8, 4) is 0 Å². The Bertz CT molecular complexity index is 643. The van der Waals surface area contributed by atoms with Crippen LogP contribution in [0.3, 0.4) is 0 Å². The third-order valence-corrected chi connectivity index (χ3v) is 3.38.